The lowest BCUT2D eigenvalue weighted by atomic mass is 9.84. The Kier molecular flexibility index (Phi) is 9.51. The highest BCUT2D eigenvalue weighted by molar-refractivity contribution is 5.99. The minimum absolute atomic E-state index is 0.131. The fourth-order valence-corrected chi connectivity index (χ4v) is 4.40. The van der Waals surface area contributed by atoms with Crippen LogP contribution in [0.5, 0.6) is 11.5 Å². The summed E-state index contributed by atoms with van der Waals surface area (Å²) in [6.45, 7) is 7.79. The molecule has 1 heterocycles. The Morgan fingerprint density at radius 1 is 0.974 bits per heavy atom. The lowest BCUT2D eigenvalue weighted by molar-refractivity contribution is -0.153. The van der Waals surface area contributed by atoms with E-state index in [-0.39, 0.29) is 23.6 Å². The number of pyridine rings is 1. The summed E-state index contributed by atoms with van der Waals surface area (Å²) in [5.74, 6) is -4.44. The lowest BCUT2D eigenvalue weighted by Gasteiger charge is -2.28. The van der Waals surface area contributed by atoms with Crippen LogP contribution in [0.15, 0.2) is 48.7 Å². The number of benzene rings is 2. The molecule has 0 radical (unpaired) electrons. The molecule has 9 heteroatoms. The molecule has 0 saturated carbocycles. The van der Waals surface area contributed by atoms with Gasteiger partial charge in [-0.15, -0.1) is 0 Å². The zero-order chi connectivity index (χ0) is 28.9. The maximum absolute atomic E-state index is 15.1. The van der Waals surface area contributed by atoms with Crippen molar-refractivity contribution in [2.75, 3.05) is 7.11 Å². The van der Waals surface area contributed by atoms with Gasteiger partial charge in [-0.3, -0.25) is 14.4 Å². The summed E-state index contributed by atoms with van der Waals surface area (Å²) in [4.78, 5) is 41.7. The molecule has 2 aromatic carbocycles. The predicted octanol–water partition coefficient (Wildman–Crippen LogP) is 5.88. The van der Waals surface area contributed by atoms with E-state index >= 15 is 4.39 Å². The second kappa shape index (κ2) is 12.6. The van der Waals surface area contributed by atoms with Crippen LogP contribution >= 0.6 is 0 Å². The molecule has 0 spiro atoms. The summed E-state index contributed by atoms with van der Waals surface area (Å²) in [6.07, 6.45) is 0.178. The molecule has 1 aromatic heterocycles. The van der Waals surface area contributed by atoms with E-state index in [1.54, 1.807) is 39.0 Å². The molecule has 0 amide bonds. The standard InChI is InChI=1S/C30H31F2NO6/c1-16-7-9-23(24(32)13-16)27(22-10-8-21(31)14-17(22)2)19(4)38-30(36)18(3)15-25(35)28-29(39-20(5)34)26(37-6)11-12-33-28/h7-14,18-19,27H,15H2,1-6H3/t18-,19+,27-/m1/s1. The van der Waals surface area contributed by atoms with Crippen LogP contribution in [-0.2, 0) is 14.3 Å². The molecular formula is C30H31F2NO6. The molecule has 3 aromatic rings. The third kappa shape index (κ3) is 7.04. The van der Waals surface area contributed by atoms with Gasteiger partial charge < -0.3 is 14.2 Å². The maximum atomic E-state index is 15.1. The molecule has 0 aliphatic rings. The Morgan fingerprint density at radius 2 is 1.67 bits per heavy atom. The largest absolute Gasteiger partial charge is 0.493 e. The van der Waals surface area contributed by atoms with Gasteiger partial charge in [-0.05, 0) is 61.2 Å². The zero-order valence-corrected chi connectivity index (χ0v) is 22.7. The van der Waals surface area contributed by atoms with Gasteiger partial charge in [0.25, 0.3) is 0 Å². The van der Waals surface area contributed by atoms with Crippen LogP contribution < -0.4 is 9.47 Å². The highest BCUT2D eigenvalue weighted by Crippen LogP contribution is 2.35. The van der Waals surface area contributed by atoms with Crippen molar-refractivity contribution in [2.45, 2.75) is 53.1 Å². The van der Waals surface area contributed by atoms with Crippen LogP contribution in [0.4, 0.5) is 8.78 Å². The van der Waals surface area contributed by atoms with Gasteiger partial charge in [0.1, 0.15) is 17.7 Å². The molecule has 0 bridgehead atoms. The summed E-state index contributed by atoms with van der Waals surface area (Å²) in [5.41, 5.74) is 2.05. The van der Waals surface area contributed by atoms with E-state index in [1.807, 2.05) is 0 Å². The van der Waals surface area contributed by atoms with Gasteiger partial charge in [0.15, 0.2) is 17.2 Å². The molecule has 0 aliphatic carbocycles. The molecular weight excluding hydrogens is 508 g/mol. The lowest BCUT2D eigenvalue weighted by Crippen LogP contribution is -2.28. The first-order valence-corrected chi connectivity index (χ1v) is 12.4. The van der Waals surface area contributed by atoms with Crippen molar-refractivity contribution in [1.29, 1.82) is 0 Å². The predicted molar refractivity (Wildman–Crippen MR) is 140 cm³/mol. The van der Waals surface area contributed by atoms with Crippen molar-refractivity contribution in [3.05, 3.63) is 88.2 Å². The van der Waals surface area contributed by atoms with Gasteiger partial charge in [0.2, 0.25) is 5.75 Å². The molecule has 0 aliphatic heterocycles. The van der Waals surface area contributed by atoms with Crippen molar-refractivity contribution in [3.8, 4) is 11.5 Å². The smallest absolute Gasteiger partial charge is 0.309 e. The minimum Gasteiger partial charge on any atom is -0.493 e. The second-order valence-electron chi connectivity index (χ2n) is 9.46. The summed E-state index contributed by atoms with van der Waals surface area (Å²) in [5, 5.41) is 0. The van der Waals surface area contributed by atoms with Crippen molar-refractivity contribution in [3.63, 3.8) is 0 Å². The first-order valence-electron chi connectivity index (χ1n) is 12.4. The van der Waals surface area contributed by atoms with Crippen LogP contribution in [0.1, 0.15) is 65.9 Å². The Hall–Kier alpha value is -4.14. The van der Waals surface area contributed by atoms with Crippen LogP contribution in [0.3, 0.4) is 0 Å². The van der Waals surface area contributed by atoms with Crippen LogP contribution in [-0.4, -0.2) is 35.9 Å². The summed E-state index contributed by atoms with van der Waals surface area (Å²) >= 11 is 0. The Labute approximate surface area is 226 Å². The molecule has 0 saturated heterocycles. The Balaban J connectivity index is 1.85. The number of hydrogen-bond acceptors (Lipinski definition) is 7. The monoisotopic (exact) mass is 539 g/mol. The van der Waals surface area contributed by atoms with E-state index in [0.29, 0.717) is 16.7 Å². The third-order valence-corrected chi connectivity index (χ3v) is 6.32. The molecule has 7 nitrogen and oxygen atoms in total. The van der Waals surface area contributed by atoms with Gasteiger partial charge in [0.05, 0.1) is 13.0 Å². The number of Topliss-reactive ketones (excluding diaryl/α,β-unsaturated/α-hetero) is 1. The first-order chi connectivity index (χ1) is 18.4. The van der Waals surface area contributed by atoms with E-state index < -0.39 is 47.3 Å². The number of halogens is 2. The average Bonchev–Trinajstić information content (AvgIpc) is 2.86. The summed E-state index contributed by atoms with van der Waals surface area (Å²) < 4.78 is 45.0. The summed E-state index contributed by atoms with van der Waals surface area (Å²) in [7, 11) is 1.36. The van der Waals surface area contributed by atoms with E-state index in [2.05, 4.69) is 4.98 Å². The quantitative estimate of drug-likeness (QED) is 0.235. The van der Waals surface area contributed by atoms with Crippen molar-refractivity contribution >= 4 is 17.7 Å². The number of methoxy groups -OCH3 is 1. The van der Waals surface area contributed by atoms with Crippen molar-refractivity contribution < 1.29 is 37.4 Å². The fraction of sp³-hybridized carbons (Fsp3) is 0.333. The first kappa shape index (κ1) is 29.4. The van der Waals surface area contributed by atoms with Crippen molar-refractivity contribution in [1.82, 2.24) is 4.98 Å². The van der Waals surface area contributed by atoms with Gasteiger partial charge in [-0.1, -0.05) is 25.1 Å². The van der Waals surface area contributed by atoms with Gasteiger partial charge in [-0.2, -0.15) is 0 Å². The molecule has 3 rings (SSSR count). The van der Waals surface area contributed by atoms with E-state index in [1.165, 1.54) is 51.4 Å². The minimum atomic E-state index is -0.907. The number of aryl methyl sites for hydroxylation is 2. The number of ketones is 1. The van der Waals surface area contributed by atoms with E-state index in [9.17, 15) is 18.8 Å². The zero-order valence-electron chi connectivity index (χ0n) is 22.7. The number of carbonyl (C=O) groups is 3. The molecule has 0 unspecified atom stereocenters. The molecule has 0 N–H and O–H groups in total. The highest BCUT2D eigenvalue weighted by atomic mass is 19.1. The van der Waals surface area contributed by atoms with E-state index in [0.717, 1.165) is 5.56 Å². The number of rotatable bonds is 10. The molecule has 3 atom stereocenters. The summed E-state index contributed by atoms with van der Waals surface area (Å²) in [6, 6.07) is 10.4. The number of nitrogens with zero attached hydrogens (tertiary/aromatic N) is 1. The van der Waals surface area contributed by atoms with Gasteiger partial charge >= 0.3 is 11.9 Å². The average molecular weight is 540 g/mol. The highest BCUT2D eigenvalue weighted by Gasteiger charge is 2.31. The molecule has 206 valence electrons. The normalized spacial score (nSPS) is 13.2. The SMILES string of the molecule is COc1ccnc(C(=O)C[C@@H](C)C(=O)O[C@@H](C)[C@H](c2ccc(F)cc2C)c2ccc(C)cc2F)c1OC(C)=O. The molecule has 39 heavy (non-hydrogen) atoms. The number of ether oxygens (including phenoxy) is 3. The number of carbonyl (C=O) groups excluding carboxylic acids is 3. The van der Waals surface area contributed by atoms with Crippen LogP contribution in [0, 0.1) is 31.4 Å². The van der Waals surface area contributed by atoms with Gasteiger partial charge in [-0.25, -0.2) is 13.8 Å². The number of esters is 2. The van der Waals surface area contributed by atoms with Crippen LogP contribution in [0.25, 0.3) is 0 Å². The van der Waals surface area contributed by atoms with Crippen LogP contribution in [0.2, 0.25) is 0 Å². The third-order valence-electron chi connectivity index (χ3n) is 6.32. The van der Waals surface area contributed by atoms with Gasteiger partial charge in [0, 0.05) is 31.5 Å². The number of aromatic nitrogens is 1. The second-order valence-corrected chi connectivity index (χ2v) is 9.46. The Bertz CT molecular complexity index is 1340. The van der Waals surface area contributed by atoms with Crippen molar-refractivity contribution in [2.24, 2.45) is 5.92 Å². The Morgan fingerprint density at radius 3 is 2.28 bits per heavy atom. The fourth-order valence-electron chi connectivity index (χ4n) is 4.40. The topological polar surface area (TPSA) is 91.8 Å². The number of hydrogen-bond donors (Lipinski definition) is 0. The van der Waals surface area contributed by atoms with E-state index in [4.69, 9.17) is 14.2 Å². The maximum Gasteiger partial charge on any atom is 0.309 e. The molecule has 0 fully saturated rings.